The molecule has 0 aliphatic rings. The molecule has 0 aliphatic carbocycles. The van der Waals surface area contributed by atoms with Gasteiger partial charge in [-0.3, -0.25) is 24.0 Å². The second kappa shape index (κ2) is 13.9. The summed E-state index contributed by atoms with van der Waals surface area (Å²) in [4.78, 5) is 69.0. The monoisotopic (exact) mass is 445 g/mol. The van der Waals surface area contributed by atoms with Gasteiger partial charge in [0.1, 0.15) is 12.1 Å². The summed E-state index contributed by atoms with van der Waals surface area (Å²) >= 11 is 0. The number of carbonyl (C=O) groups is 6. The lowest BCUT2D eigenvalue weighted by atomic mass is 10.0. The van der Waals surface area contributed by atoms with Crippen LogP contribution in [0.1, 0.15) is 46.0 Å². The lowest BCUT2D eigenvalue weighted by Gasteiger charge is -2.22. The molecule has 0 saturated heterocycles. The van der Waals surface area contributed by atoms with Crippen molar-refractivity contribution in [1.29, 1.82) is 0 Å². The summed E-state index contributed by atoms with van der Waals surface area (Å²) in [6, 6.07) is -3.49. The fraction of sp³-hybridized carbons (Fsp3) is 0.667. The van der Waals surface area contributed by atoms with Crippen LogP contribution in [0.25, 0.3) is 0 Å². The number of carboxylic acids is 2. The van der Waals surface area contributed by atoms with Crippen LogP contribution in [0, 0.1) is 5.92 Å². The first-order chi connectivity index (χ1) is 14.3. The normalized spacial score (nSPS) is 13.5. The number of hydrogen-bond donors (Lipinski definition) is 7. The molecular weight excluding hydrogens is 414 g/mol. The fourth-order valence-electron chi connectivity index (χ4n) is 2.47. The highest BCUT2D eigenvalue weighted by atomic mass is 16.4. The van der Waals surface area contributed by atoms with Crippen LogP contribution in [0.3, 0.4) is 0 Å². The van der Waals surface area contributed by atoms with Crippen LogP contribution < -0.4 is 27.4 Å². The van der Waals surface area contributed by atoms with Gasteiger partial charge in [0.05, 0.1) is 12.6 Å². The zero-order chi connectivity index (χ0) is 24.1. The molecule has 31 heavy (non-hydrogen) atoms. The Balaban J connectivity index is 4.83. The SMILES string of the molecule is CC(C)CC(NC(=O)C(N)CCC(N)=O)C(=O)NCC(=O)NC(CCC(=O)O)C(=O)O. The van der Waals surface area contributed by atoms with Crippen LogP contribution >= 0.6 is 0 Å². The topological polar surface area (TPSA) is 231 Å². The number of aliphatic carboxylic acids is 2. The molecule has 4 amide bonds. The molecule has 0 fully saturated rings. The number of hydrogen-bond acceptors (Lipinski definition) is 7. The maximum Gasteiger partial charge on any atom is 0.326 e. The largest absolute Gasteiger partial charge is 0.481 e. The first-order valence-corrected chi connectivity index (χ1v) is 9.69. The molecule has 0 aliphatic heterocycles. The number of amides is 4. The Morgan fingerprint density at radius 1 is 0.871 bits per heavy atom. The Morgan fingerprint density at radius 2 is 1.48 bits per heavy atom. The predicted molar refractivity (Wildman–Crippen MR) is 107 cm³/mol. The van der Waals surface area contributed by atoms with Crippen LogP contribution in [-0.4, -0.2) is 70.5 Å². The van der Waals surface area contributed by atoms with Crippen molar-refractivity contribution in [3.8, 4) is 0 Å². The summed E-state index contributed by atoms with van der Waals surface area (Å²) in [6.07, 6.45) is -0.630. The van der Waals surface area contributed by atoms with Gasteiger partial charge in [-0.25, -0.2) is 4.79 Å². The van der Waals surface area contributed by atoms with Gasteiger partial charge in [-0.05, 0) is 25.2 Å². The second-order valence-electron chi connectivity index (χ2n) is 7.41. The van der Waals surface area contributed by atoms with E-state index in [9.17, 15) is 28.8 Å². The van der Waals surface area contributed by atoms with Gasteiger partial charge in [-0.2, -0.15) is 0 Å². The number of primary amides is 1. The molecule has 0 rings (SSSR count). The minimum absolute atomic E-state index is 0.000805. The Kier molecular flexibility index (Phi) is 12.5. The van der Waals surface area contributed by atoms with Crippen molar-refractivity contribution in [2.75, 3.05) is 6.54 Å². The maximum absolute atomic E-state index is 12.4. The van der Waals surface area contributed by atoms with E-state index >= 15 is 0 Å². The van der Waals surface area contributed by atoms with Gasteiger partial charge in [-0.15, -0.1) is 0 Å². The summed E-state index contributed by atoms with van der Waals surface area (Å²) in [5.74, 6) is -5.42. The molecule has 3 unspecified atom stereocenters. The lowest BCUT2D eigenvalue weighted by molar-refractivity contribution is -0.143. The summed E-state index contributed by atoms with van der Waals surface area (Å²) in [5.41, 5.74) is 10.7. The van der Waals surface area contributed by atoms with Crippen molar-refractivity contribution in [3.63, 3.8) is 0 Å². The number of carbonyl (C=O) groups excluding carboxylic acids is 4. The van der Waals surface area contributed by atoms with Gasteiger partial charge in [-0.1, -0.05) is 13.8 Å². The fourth-order valence-corrected chi connectivity index (χ4v) is 2.47. The van der Waals surface area contributed by atoms with Crippen LogP contribution in [0.5, 0.6) is 0 Å². The minimum atomic E-state index is -1.42. The van der Waals surface area contributed by atoms with E-state index in [2.05, 4.69) is 16.0 Å². The Hall–Kier alpha value is -3.22. The van der Waals surface area contributed by atoms with Crippen molar-refractivity contribution in [1.82, 2.24) is 16.0 Å². The summed E-state index contributed by atoms with van der Waals surface area (Å²) < 4.78 is 0. The Morgan fingerprint density at radius 3 is 1.97 bits per heavy atom. The van der Waals surface area contributed by atoms with Crippen molar-refractivity contribution < 1.29 is 39.0 Å². The third kappa shape index (κ3) is 12.8. The average molecular weight is 445 g/mol. The van der Waals surface area contributed by atoms with E-state index < -0.39 is 66.7 Å². The summed E-state index contributed by atoms with van der Waals surface area (Å²) in [5, 5.41) is 24.6. The van der Waals surface area contributed by atoms with Gasteiger partial charge in [0.25, 0.3) is 0 Å². The van der Waals surface area contributed by atoms with Gasteiger partial charge in [0.2, 0.25) is 23.6 Å². The molecule has 176 valence electrons. The summed E-state index contributed by atoms with van der Waals surface area (Å²) in [7, 11) is 0. The smallest absolute Gasteiger partial charge is 0.326 e. The maximum atomic E-state index is 12.4. The molecule has 0 saturated carbocycles. The molecule has 0 radical (unpaired) electrons. The third-order valence-corrected chi connectivity index (χ3v) is 4.08. The molecular formula is C18H31N5O8. The molecule has 0 aromatic carbocycles. The van der Waals surface area contributed by atoms with Gasteiger partial charge in [0, 0.05) is 12.8 Å². The van der Waals surface area contributed by atoms with E-state index in [-0.39, 0.29) is 31.6 Å². The molecule has 0 spiro atoms. The predicted octanol–water partition coefficient (Wildman–Crippen LogP) is -2.34. The number of rotatable bonds is 15. The van der Waals surface area contributed by atoms with Gasteiger partial charge >= 0.3 is 11.9 Å². The van der Waals surface area contributed by atoms with Crippen LogP contribution in [0.2, 0.25) is 0 Å². The molecule has 13 heteroatoms. The van der Waals surface area contributed by atoms with Crippen molar-refractivity contribution in [2.24, 2.45) is 17.4 Å². The number of nitrogens with two attached hydrogens (primary N) is 2. The quantitative estimate of drug-likeness (QED) is 0.143. The number of nitrogens with one attached hydrogen (secondary N) is 3. The molecule has 13 nitrogen and oxygen atoms in total. The zero-order valence-corrected chi connectivity index (χ0v) is 17.6. The highest BCUT2D eigenvalue weighted by molar-refractivity contribution is 5.92. The van der Waals surface area contributed by atoms with E-state index in [0.717, 1.165) is 0 Å². The van der Waals surface area contributed by atoms with E-state index in [1.807, 2.05) is 13.8 Å². The van der Waals surface area contributed by atoms with E-state index in [4.69, 9.17) is 21.7 Å². The highest BCUT2D eigenvalue weighted by Crippen LogP contribution is 2.06. The zero-order valence-electron chi connectivity index (χ0n) is 17.6. The van der Waals surface area contributed by atoms with Crippen LogP contribution in [0.4, 0.5) is 0 Å². The number of carboxylic acid groups (broad SMARTS) is 2. The average Bonchev–Trinajstić information content (AvgIpc) is 2.65. The second-order valence-corrected chi connectivity index (χ2v) is 7.41. The first kappa shape index (κ1) is 27.8. The van der Waals surface area contributed by atoms with Crippen molar-refractivity contribution in [3.05, 3.63) is 0 Å². The van der Waals surface area contributed by atoms with Crippen molar-refractivity contribution in [2.45, 2.75) is 64.1 Å². The highest BCUT2D eigenvalue weighted by Gasteiger charge is 2.26. The van der Waals surface area contributed by atoms with Crippen molar-refractivity contribution >= 4 is 35.6 Å². The van der Waals surface area contributed by atoms with Gasteiger partial charge < -0.3 is 37.6 Å². The third-order valence-electron chi connectivity index (χ3n) is 4.08. The van der Waals surface area contributed by atoms with Gasteiger partial charge in [0.15, 0.2) is 0 Å². The lowest BCUT2D eigenvalue weighted by Crippen LogP contribution is -2.54. The molecule has 0 aromatic rings. The van der Waals surface area contributed by atoms with E-state index in [1.165, 1.54) is 0 Å². The molecule has 0 aromatic heterocycles. The van der Waals surface area contributed by atoms with E-state index in [1.54, 1.807) is 0 Å². The molecule has 3 atom stereocenters. The Bertz CT molecular complexity index is 682. The van der Waals surface area contributed by atoms with Crippen LogP contribution in [0.15, 0.2) is 0 Å². The molecule has 9 N–H and O–H groups in total. The molecule has 0 bridgehead atoms. The van der Waals surface area contributed by atoms with E-state index in [0.29, 0.717) is 0 Å². The minimum Gasteiger partial charge on any atom is -0.481 e. The molecule has 0 heterocycles. The first-order valence-electron chi connectivity index (χ1n) is 9.69. The van der Waals surface area contributed by atoms with Crippen LogP contribution in [-0.2, 0) is 28.8 Å². The standard InChI is InChI=1S/C18H31N5O8/c1-9(2)7-12(23-16(28)10(19)3-5-13(20)24)17(29)21-8-14(25)22-11(18(30)31)4-6-15(26)27/h9-12H,3-8,19H2,1-2H3,(H2,20,24)(H,21,29)(H,22,25)(H,23,28)(H,26,27)(H,30,31). The Labute approximate surface area is 179 Å². The summed E-state index contributed by atoms with van der Waals surface area (Å²) in [6.45, 7) is 3.05.